The molecule has 3 rings (SSSR count). The zero-order valence-electron chi connectivity index (χ0n) is 12.1. The Kier molecular flexibility index (Phi) is 4.08. The van der Waals surface area contributed by atoms with Crippen molar-refractivity contribution in [1.82, 2.24) is 5.32 Å². The van der Waals surface area contributed by atoms with Crippen molar-refractivity contribution >= 4 is 11.0 Å². The Labute approximate surface area is 120 Å². The molecule has 3 nitrogen and oxygen atoms in total. The average molecular weight is 272 g/mol. The molecule has 1 fully saturated rings. The first-order valence-electron chi connectivity index (χ1n) is 7.72. The highest BCUT2D eigenvalue weighted by Gasteiger charge is 2.26. The van der Waals surface area contributed by atoms with Crippen LogP contribution in [-0.4, -0.2) is 12.6 Å². The van der Waals surface area contributed by atoms with Crippen LogP contribution in [0.5, 0.6) is 0 Å². The minimum Gasteiger partial charge on any atom is -0.459 e. The maximum absolute atomic E-state index is 5.95. The fraction of sp³-hybridized carbons (Fsp3) is 0.529. The van der Waals surface area contributed by atoms with Crippen LogP contribution >= 0.6 is 0 Å². The van der Waals surface area contributed by atoms with Crippen LogP contribution in [-0.2, 0) is 0 Å². The molecule has 0 radical (unpaired) electrons. The summed E-state index contributed by atoms with van der Waals surface area (Å²) in [5.41, 5.74) is 6.87. The van der Waals surface area contributed by atoms with E-state index in [1.165, 1.54) is 31.1 Å². The number of rotatable bonds is 4. The minimum atomic E-state index is 0.236. The van der Waals surface area contributed by atoms with Crippen LogP contribution in [0.2, 0.25) is 0 Å². The van der Waals surface area contributed by atoms with Crippen LogP contribution in [0.25, 0.3) is 11.0 Å². The maximum atomic E-state index is 5.95. The zero-order chi connectivity index (χ0) is 13.9. The zero-order valence-corrected chi connectivity index (χ0v) is 12.1. The van der Waals surface area contributed by atoms with Crippen molar-refractivity contribution in [2.24, 2.45) is 11.7 Å². The lowest BCUT2D eigenvalue weighted by atomic mass is 9.84. The summed E-state index contributed by atoms with van der Waals surface area (Å²) in [6, 6.07) is 11.1. The van der Waals surface area contributed by atoms with Gasteiger partial charge in [0.05, 0.1) is 6.04 Å². The number of hydrogen-bond donors (Lipinski definition) is 2. The number of benzene rings is 1. The average Bonchev–Trinajstić information content (AvgIpc) is 2.92. The van der Waals surface area contributed by atoms with Crippen LogP contribution in [0.15, 0.2) is 34.7 Å². The Morgan fingerprint density at radius 2 is 2.10 bits per heavy atom. The molecule has 0 bridgehead atoms. The molecule has 0 spiro atoms. The van der Waals surface area contributed by atoms with Gasteiger partial charge in [-0.1, -0.05) is 31.0 Å². The lowest BCUT2D eigenvalue weighted by Crippen LogP contribution is -2.42. The van der Waals surface area contributed by atoms with E-state index in [-0.39, 0.29) is 6.04 Å². The minimum absolute atomic E-state index is 0.236. The standard InChI is InChI=1S/C17H24N2O/c1-12(19-15-8-4-2-7-14(15)11-18)17-10-13-6-3-5-9-16(13)20-17/h3,5-6,9-10,12,14-15,19H,2,4,7-8,11,18H2,1H3. The van der Waals surface area contributed by atoms with Crippen molar-refractivity contribution < 1.29 is 4.42 Å². The Balaban J connectivity index is 1.73. The number of nitrogens with one attached hydrogen (secondary N) is 1. The molecule has 1 aliphatic rings. The normalized spacial score (nSPS) is 24.9. The highest BCUT2D eigenvalue weighted by atomic mass is 16.3. The van der Waals surface area contributed by atoms with Gasteiger partial charge in [-0.2, -0.15) is 0 Å². The van der Waals surface area contributed by atoms with E-state index in [1.807, 2.05) is 18.2 Å². The largest absolute Gasteiger partial charge is 0.459 e. The van der Waals surface area contributed by atoms with E-state index in [4.69, 9.17) is 10.2 Å². The van der Waals surface area contributed by atoms with Gasteiger partial charge in [0.2, 0.25) is 0 Å². The smallest absolute Gasteiger partial charge is 0.134 e. The van der Waals surface area contributed by atoms with E-state index in [0.717, 1.165) is 17.9 Å². The van der Waals surface area contributed by atoms with Gasteiger partial charge in [0.1, 0.15) is 11.3 Å². The summed E-state index contributed by atoms with van der Waals surface area (Å²) < 4.78 is 5.95. The molecule has 3 heteroatoms. The summed E-state index contributed by atoms with van der Waals surface area (Å²) in [7, 11) is 0. The van der Waals surface area contributed by atoms with Crippen molar-refractivity contribution in [2.75, 3.05) is 6.54 Å². The maximum Gasteiger partial charge on any atom is 0.134 e. The van der Waals surface area contributed by atoms with E-state index in [9.17, 15) is 0 Å². The Morgan fingerprint density at radius 1 is 1.30 bits per heavy atom. The quantitative estimate of drug-likeness (QED) is 0.894. The molecule has 3 N–H and O–H groups in total. The van der Waals surface area contributed by atoms with E-state index < -0.39 is 0 Å². The fourth-order valence-electron chi connectivity index (χ4n) is 3.33. The second-order valence-electron chi connectivity index (χ2n) is 5.96. The Morgan fingerprint density at radius 3 is 2.90 bits per heavy atom. The van der Waals surface area contributed by atoms with Gasteiger partial charge >= 0.3 is 0 Å². The predicted octanol–water partition coefficient (Wildman–Crippen LogP) is 3.60. The second-order valence-corrected chi connectivity index (χ2v) is 5.96. The number of para-hydroxylation sites is 1. The topological polar surface area (TPSA) is 51.2 Å². The molecule has 0 saturated heterocycles. The van der Waals surface area contributed by atoms with Crippen molar-refractivity contribution in [2.45, 2.75) is 44.7 Å². The summed E-state index contributed by atoms with van der Waals surface area (Å²) in [6.45, 7) is 2.96. The van der Waals surface area contributed by atoms with E-state index in [2.05, 4.69) is 24.4 Å². The monoisotopic (exact) mass is 272 g/mol. The van der Waals surface area contributed by atoms with Gasteiger partial charge in [0.15, 0.2) is 0 Å². The van der Waals surface area contributed by atoms with Crippen molar-refractivity contribution in [1.29, 1.82) is 0 Å². The summed E-state index contributed by atoms with van der Waals surface area (Å²) >= 11 is 0. The first-order valence-corrected chi connectivity index (χ1v) is 7.72. The number of furan rings is 1. The van der Waals surface area contributed by atoms with Gasteiger partial charge < -0.3 is 15.5 Å². The van der Waals surface area contributed by atoms with Crippen LogP contribution < -0.4 is 11.1 Å². The van der Waals surface area contributed by atoms with Gasteiger partial charge in [0, 0.05) is 11.4 Å². The van der Waals surface area contributed by atoms with Gasteiger partial charge in [-0.05, 0) is 44.4 Å². The van der Waals surface area contributed by atoms with Crippen molar-refractivity contribution in [3.63, 3.8) is 0 Å². The van der Waals surface area contributed by atoms with E-state index in [1.54, 1.807) is 0 Å². The molecule has 1 aromatic carbocycles. The lowest BCUT2D eigenvalue weighted by Gasteiger charge is -2.33. The Hall–Kier alpha value is -1.32. The first-order chi connectivity index (χ1) is 9.78. The highest BCUT2D eigenvalue weighted by Crippen LogP contribution is 2.28. The molecule has 108 valence electrons. The van der Waals surface area contributed by atoms with Crippen LogP contribution in [0.4, 0.5) is 0 Å². The van der Waals surface area contributed by atoms with Crippen molar-refractivity contribution in [3.05, 3.63) is 36.1 Å². The van der Waals surface area contributed by atoms with Crippen LogP contribution in [0, 0.1) is 5.92 Å². The summed E-state index contributed by atoms with van der Waals surface area (Å²) in [5, 5.41) is 4.90. The molecular weight excluding hydrogens is 248 g/mol. The summed E-state index contributed by atoms with van der Waals surface area (Å²) in [4.78, 5) is 0. The third kappa shape index (κ3) is 2.74. The molecule has 0 amide bonds. The number of nitrogens with two attached hydrogens (primary N) is 1. The van der Waals surface area contributed by atoms with Crippen LogP contribution in [0.3, 0.4) is 0 Å². The number of fused-ring (bicyclic) bond motifs is 1. The van der Waals surface area contributed by atoms with Gasteiger partial charge in [-0.3, -0.25) is 0 Å². The molecule has 3 atom stereocenters. The lowest BCUT2D eigenvalue weighted by molar-refractivity contribution is 0.244. The highest BCUT2D eigenvalue weighted by molar-refractivity contribution is 5.77. The second kappa shape index (κ2) is 5.98. The number of hydrogen-bond acceptors (Lipinski definition) is 3. The Bertz CT molecular complexity index is 530. The molecular formula is C17H24N2O. The third-order valence-corrected chi connectivity index (χ3v) is 4.55. The molecule has 2 aromatic rings. The molecule has 3 unspecified atom stereocenters. The molecule has 1 heterocycles. The van der Waals surface area contributed by atoms with Crippen LogP contribution in [0.1, 0.15) is 44.4 Å². The molecule has 1 aliphatic carbocycles. The molecule has 0 aliphatic heterocycles. The fourth-order valence-corrected chi connectivity index (χ4v) is 3.33. The molecule has 1 saturated carbocycles. The summed E-state index contributed by atoms with van der Waals surface area (Å²) in [6.07, 6.45) is 5.10. The molecule has 20 heavy (non-hydrogen) atoms. The van der Waals surface area contributed by atoms with Gasteiger partial charge in [0.25, 0.3) is 0 Å². The predicted molar refractivity (Wildman–Crippen MR) is 82.6 cm³/mol. The van der Waals surface area contributed by atoms with Gasteiger partial charge in [-0.15, -0.1) is 0 Å². The first kappa shape index (κ1) is 13.7. The van der Waals surface area contributed by atoms with E-state index >= 15 is 0 Å². The van der Waals surface area contributed by atoms with Gasteiger partial charge in [-0.25, -0.2) is 0 Å². The van der Waals surface area contributed by atoms with Crippen molar-refractivity contribution in [3.8, 4) is 0 Å². The summed E-state index contributed by atoms with van der Waals surface area (Å²) in [5.74, 6) is 1.63. The molecule has 1 aromatic heterocycles. The third-order valence-electron chi connectivity index (χ3n) is 4.55. The SMILES string of the molecule is CC(NC1CCCCC1CN)c1cc2ccccc2o1. The van der Waals surface area contributed by atoms with E-state index in [0.29, 0.717) is 12.0 Å².